The molecule has 1 aromatic carbocycles. The first-order chi connectivity index (χ1) is 20.8. The molecule has 10 nitrogen and oxygen atoms in total. The summed E-state index contributed by atoms with van der Waals surface area (Å²) in [6.07, 6.45) is 10.1. The van der Waals surface area contributed by atoms with E-state index >= 15 is 0 Å². The third-order valence-corrected chi connectivity index (χ3v) is 8.45. The number of likely N-dealkylation sites (tertiary alicyclic amines) is 1. The number of carbonyl (C=O) groups excluding carboxylic acids is 1. The second kappa shape index (κ2) is 16.9. The third kappa shape index (κ3) is 10.3. The summed E-state index contributed by atoms with van der Waals surface area (Å²) in [7, 11) is 1.60. The SMILES string of the molecule is CCCCCCCCCCOC[C@@]12O[C@@H](CNCCN3CCCC3)[C@@H](OC(=O)Nc3ccc(OC)cc3)[C@@H]1OC(C)(C)O2. The zero-order chi connectivity index (χ0) is 30.5. The number of methoxy groups -OCH3 is 1. The Morgan fingerprint density at radius 2 is 1.70 bits per heavy atom. The van der Waals surface area contributed by atoms with Crippen LogP contribution in [0.15, 0.2) is 24.3 Å². The van der Waals surface area contributed by atoms with Crippen molar-refractivity contribution < 1.29 is 33.2 Å². The lowest BCUT2D eigenvalue weighted by Crippen LogP contribution is -2.46. The number of carbonyl (C=O) groups is 1. The van der Waals surface area contributed by atoms with Crippen LogP contribution in [0.25, 0.3) is 0 Å². The van der Waals surface area contributed by atoms with Gasteiger partial charge in [0.1, 0.15) is 18.5 Å². The number of ether oxygens (including phenoxy) is 6. The van der Waals surface area contributed by atoms with Crippen LogP contribution in [0.2, 0.25) is 0 Å². The van der Waals surface area contributed by atoms with Crippen LogP contribution in [-0.2, 0) is 23.7 Å². The number of rotatable bonds is 19. The van der Waals surface area contributed by atoms with Crippen LogP contribution >= 0.6 is 0 Å². The topological polar surface area (TPSA) is 99.8 Å². The predicted molar refractivity (Wildman–Crippen MR) is 166 cm³/mol. The van der Waals surface area contributed by atoms with E-state index in [0.717, 1.165) is 39.0 Å². The quantitative estimate of drug-likeness (QED) is 0.192. The smallest absolute Gasteiger partial charge is 0.412 e. The molecule has 0 bridgehead atoms. The molecule has 4 rings (SSSR count). The first-order valence-corrected chi connectivity index (χ1v) is 16.5. The predicted octanol–water partition coefficient (Wildman–Crippen LogP) is 5.70. The molecule has 0 saturated carbocycles. The Balaban J connectivity index is 1.34. The lowest BCUT2D eigenvalue weighted by Gasteiger charge is -2.29. The minimum atomic E-state index is -1.16. The van der Waals surface area contributed by atoms with Crippen molar-refractivity contribution in [3.63, 3.8) is 0 Å². The summed E-state index contributed by atoms with van der Waals surface area (Å²) in [5, 5.41) is 6.33. The van der Waals surface area contributed by atoms with Gasteiger partial charge in [-0.15, -0.1) is 0 Å². The second-order valence-electron chi connectivity index (χ2n) is 12.5. The van der Waals surface area contributed by atoms with Crippen molar-refractivity contribution in [3.05, 3.63) is 24.3 Å². The number of benzene rings is 1. The number of nitrogens with zero attached hydrogens (tertiary/aromatic N) is 1. The standard InChI is InChI=1S/C33H55N3O7/c1-5-6-7-8-9-10-11-14-23-39-25-33-30(42-32(2,3)43-33)29(28(41-33)24-34-19-22-36-20-12-13-21-36)40-31(37)35-26-15-17-27(38-4)18-16-26/h15-18,28-30,34H,5-14,19-25H2,1-4H3,(H,35,37)/t28-,29+,30-,33-/m0/s1. The van der Waals surface area contributed by atoms with Crippen LogP contribution in [0.4, 0.5) is 10.5 Å². The zero-order valence-electron chi connectivity index (χ0n) is 26.9. The van der Waals surface area contributed by atoms with E-state index in [1.54, 1.807) is 31.4 Å². The lowest BCUT2D eigenvalue weighted by atomic mass is 10.1. The van der Waals surface area contributed by atoms with Gasteiger partial charge >= 0.3 is 6.09 Å². The van der Waals surface area contributed by atoms with Crippen molar-refractivity contribution in [2.45, 2.75) is 115 Å². The summed E-state index contributed by atoms with van der Waals surface area (Å²) < 4.78 is 36.7. The van der Waals surface area contributed by atoms with Gasteiger partial charge in [-0.2, -0.15) is 0 Å². The summed E-state index contributed by atoms with van der Waals surface area (Å²) in [5.41, 5.74) is 0.605. The molecule has 43 heavy (non-hydrogen) atoms. The van der Waals surface area contributed by atoms with Crippen LogP contribution < -0.4 is 15.4 Å². The molecular weight excluding hydrogens is 550 g/mol. The maximum absolute atomic E-state index is 13.1. The molecule has 0 spiro atoms. The molecule has 3 fully saturated rings. The minimum Gasteiger partial charge on any atom is -0.497 e. The van der Waals surface area contributed by atoms with Gasteiger partial charge in [0.2, 0.25) is 5.79 Å². The van der Waals surface area contributed by atoms with E-state index < -0.39 is 36.0 Å². The molecule has 2 N–H and O–H groups in total. The van der Waals surface area contributed by atoms with Crippen molar-refractivity contribution in [2.24, 2.45) is 0 Å². The molecule has 0 radical (unpaired) electrons. The van der Waals surface area contributed by atoms with E-state index in [1.165, 1.54) is 51.4 Å². The molecule has 3 heterocycles. The van der Waals surface area contributed by atoms with Gasteiger partial charge in [0.05, 0.1) is 7.11 Å². The summed E-state index contributed by atoms with van der Waals surface area (Å²) in [4.78, 5) is 15.6. The third-order valence-electron chi connectivity index (χ3n) is 8.45. The van der Waals surface area contributed by atoms with E-state index in [0.29, 0.717) is 24.6 Å². The average molecular weight is 606 g/mol. The van der Waals surface area contributed by atoms with Crippen molar-refractivity contribution in [1.29, 1.82) is 0 Å². The van der Waals surface area contributed by atoms with E-state index in [2.05, 4.69) is 22.5 Å². The average Bonchev–Trinajstić information content (AvgIpc) is 3.66. The monoisotopic (exact) mass is 605 g/mol. The number of hydrogen-bond acceptors (Lipinski definition) is 9. The van der Waals surface area contributed by atoms with Crippen molar-refractivity contribution in [2.75, 3.05) is 58.4 Å². The molecule has 0 aromatic heterocycles. The van der Waals surface area contributed by atoms with E-state index in [9.17, 15) is 4.79 Å². The highest BCUT2D eigenvalue weighted by Crippen LogP contribution is 2.46. The first-order valence-electron chi connectivity index (χ1n) is 16.5. The Hall–Kier alpha value is -1.95. The molecule has 3 aliphatic heterocycles. The number of unbranched alkanes of at least 4 members (excludes halogenated alkanes) is 7. The molecule has 4 atom stereocenters. The Morgan fingerprint density at radius 3 is 2.40 bits per heavy atom. The van der Waals surface area contributed by atoms with Crippen LogP contribution in [-0.4, -0.2) is 93.9 Å². The van der Waals surface area contributed by atoms with Gasteiger partial charge in [0, 0.05) is 31.9 Å². The highest BCUT2D eigenvalue weighted by molar-refractivity contribution is 5.84. The molecular formula is C33H55N3O7. The molecule has 1 aromatic rings. The zero-order valence-corrected chi connectivity index (χ0v) is 26.9. The molecule has 10 heteroatoms. The highest BCUT2D eigenvalue weighted by atomic mass is 16.9. The van der Waals surface area contributed by atoms with Gasteiger partial charge in [-0.05, 0) is 70.5 Å². The largest absolute Gasteiger partial charge is 0.497 e. The normalized spacial score (nSPS) is 26.5. The van der Waals surface area contributed by atoms with Gasteiger partial charge in [-0.25, -0.2) is 4.79 Å². The second-order valence-corrected chi connectivity index (χ2v) is 12.5. The minimum absolute atomic E-state index is 0.210. The van der Waals surface area contributed by atoms with Gasteiger partial charge < -0.3 is 38.6 Å². The summed E-state index contributed by atoms with van der Waals surface area (Å²) in [6, 6.07) is 7.11. The summed E-state index contributed by atoms with van der Waals surface area (Å²) in [5.74, 6) is -1.36. The van der Waals surface area contributed by atoms with Gasteiger partial charge in [-0.3, -0.25) is 5.32 Å². The fraction of sp³-hybridized carbons (Fsp3) is 0.788. The van der Waals surface area contributed by atoms with E-state index in [1.807, 2.05) is 13.8 Å². The molecule has 3 aliphatic rings. The summed E-state index contributed by atoms with van der Waals surface area (Å²) >= 11 is 0. The van der Waals surface area contributed by atoms with E-state index in [-0.39, 0.29) is 6.61 Å². The molecule has 1 amide bonds. The Morgan fingerprint density at radius 1 is 1.00 bits per heavy atom. The maximum Gasteiger partial charge on any atom is 0.412 e. The Bertz CT molecular complexity index is 956. The number of anilines is 1. The van der Waals surface area contributed by atoms with Crippen molar-refractivity contribution in [3.8, 4) is 5.75 Å². The fourth-order valence-electron chi connectivity index (χ4n) is 6.25. The van der Waals surface area contributed by atoms with Crippen LogP contribution in [0.5, 0.6) is 5.75 Å². The highest BCUT2D eigenvalue weighted by Gasteiger charge is 2.66. The number of nitrogens with one attached hydrogen (secondary N) is 2. The number of fused-ring (bicyclic) bond motifs is 1. The summed E-state index contributed by atoms with van der Waals surface area (Å²) in [6.45, 7) is 11.4. The van der Waals surface area contributed by atoms with Gasteiger partial charge in [0.15, 0.2) is 18.0 Å². The van der Waals surface area contributed by atoms with Gasteiger partial charge in [0.25, 0.3) is 0 Å². The molecule has 244 valence electrons. The Kier molecular flexibility index (Phi) is 13.4. The van der Waals surface area contributed by atoms with E-state index in [4.69, 9.17) is 28.4 Å². The van der Waals surface area contributed by atoms with Crippen LogP contribution in [0, 0.1) is 0 Å². The van der Waals surface area contributed by atoms with Crippen LogP contribution in [0.1, 0.15) is 85.0 Å². The Labute approximate surface area is 258 Å². The van der Waals surface area contributed by atoms with Crippen molar-refractivity contribution >= 4 is 11.8 Å². The first kappa shape index (κ1) is 33.9. The molecule has 0 aliphatic carbocycles. The number of hydrogen-bond donors (Lipinski definition) is 2. The molecule has 3 saturated heterocycles. The number of amides is 1. The van der Waals surface area contributed by atoms with Crippen molar-refractivity contribution in [1.82, 2.24) is 10.2 Å². The fourth-order valence-corrected chi connectivity index (χ4v) is 6.25. The molecule has 0 unspecified atom stereocenters. The van der Waals surface area contributed by atoms with Crippen LogP contribution in [0.3, 0.4) is 0 Å². The van der Waals surface area contributed by atoms with Gasteiger partial charge in [-0.1, -0.05) is 51.9 Å². The lowest BCUT2D eigenvalue weighted by molar-refractivity contribution is -0.277. The maximum atomic E-state index is 13.1.